The van der Waals surface area contributed by atoms with Gasteiger partial charge in [-0.25, -0.2) is 0 Å². The van der Waals surface area contributed by atoms with Crippen LogP contribution in [0, 0.1) is 12.3 Å². The first kappa shape index (κ1) is 9.16. The van der Waals surface area contributed by atoms with Crippen molar-refractivity contribution in [3.05, 3.63) is 16.6 Å². The maximum absolute atomic E-state index is 6.23. The van der Waals surface area contributed by atoms with Crippen LogP contribution in [0.25, 0.3) is 0 Å². The lowest BCUT2D eigenvalue weighted by atomic mass is 9.93. The SMILES string of the molecule is CCC1(C(N)c2cc(C)ns2)CC1. The fraction of sp³-hybridized carbons (Fsp3) is 0.700. The van der Waals surface area contributed by atoms with E-state index in [0.29, 0.717) is 5.41 Å². The van der Waals surface area contributed by atoms with Gasteiger partial charge in [0.05, 0.1) is 5.69 Å². The second-order valence-corrected chi connectivity index (χ2v) is 4.90. The normalized spacial score (nSPS) is 21.5. The lowest BCUT2D eigenvalue weighted by Gasteiger charge is -2.19. The Morgan fingerprint density at radius 2 is 2.38 bits per heavy atom. The van der Waals surface area contributed by atoms with E-state index in [1.807, 2.05) is 6.92 Å². The van der Waals surface area contributed by atoms with Gasteiger partial charge in [0.1, 0.15) is 0 Å². The van der Waals surface area contributed by atoms with Crippen LogP contribution >= 0.6 is 11.5 Å². The molecule has 0 aromatic carbocycles. The van der Waals surface area contributed by atoms with Gasteiger partial charge in [0.25, 0.3) is 0 Å². The van der Waals surface area contributed by atoms with Crippen LogP contribution in [0.1, 0.15) is 42.8 Å². The molecule has 1 atom stereocenters. The molecule has 1 aromatic rings. The summed E-state index contributed by atoms with van der Waals surface area (Å²) in [4.78, 5) is 1.26. The van der Waals surface area contributed by atoms with E-state index >= 15 is 0 Å². The van der Waals surface area contributed by atoms with Crippen molar-refractivity contribution in [1.82, 2.24) is 4.37 Å². The molecule has 0 aliphatic heterocycles. The van der Waals surface area contributed by atoms with E-state index in [0.717, 1.165) is 5.69 Å². The van der Waals surface area contributed by atoms with Crippen molar-refractivity contribution in [2.45, 2.75) is 39.2 Å². The van der Waals surface area contributed by atoms with Crippen molar-refractivity contribution < 1.29 is 0 Å². The van der Waals surface area contributed by atoms with E-state index in [4.69, 9.17) is 5.73 Å². The van der Waals surface area contributed by atoms with E-state index in [2.05, 4.69) is 17.4 Å². The van der Waals surface area contributed by atoms with Crippen LogP contribution in [0.2, 0.25) is 0 Å². The second-order valence-electron chi connectivity index (χ2n) is 4.06. The van der Waals surface area contributed by atoms with Crippen molar-refractivity contribution >= 4 is 11.5 Å². The molecule has 1 aliphatic carbocycles. The monoisotopic (exact) mass is 196 g/mol. The summed E-state index contributed by atoms with van der Waals surface area (Å²) in [6.45, 7) is 4.26. The van der Waals surface area contributed by atoms with Crippen LogP contribution in [0.15, 0.2) is 6.07 Å². The maximum atomic E-state index is 6.23. The van der Waals surface area contributed by atoms with E-state index in [-0.39, 0.29) is 6.04 Å². The van der Waals surface area contributed by atoms with Crippen LogP contribution in [0.3, 0.4) is 0 Å². The van der Waals surface area contributed by atoms with Crippen LogP contribution in [-0.2, 0) is 0 Å². The molecule has 1 fully saturated rings. The first-order chi connectivity index (χ1) is 6.18. The molecule has 1 aliphatic rings. The summed E-state index contributed by atoms with van der Waals surface area (Å²) in [6.07, 6.45) is 3.79. The highest BCUT2D eigenvalue weighted by Crippen LogP contribution is 2.56. The quantitative estimate of drug-likeness (QED) is 0.807. The number of aryl methyl sites for hydroxylation is 1. The molecule has 0 spiro atoms. The van der Waals surface area contributed by atoms with Gasteiger partial charge in [-0.1, -0.05) is 6.92 Å². The van der Waals surface area contributed by atoms with Crippen molar-refractivity contribution in [3.63, 3.8) is 0 Å². The summed E-state index contributed by atoms with van der Waals surface area (Å²) in [5.41, 5.74) is 7.74. The van der Waals surface area contributed by atoms with Gasteiger partial charge in [-0.05, 0) is 49.2 Å². The minimum atomic E-state index is 0.226. The molecule has 0 radical (unpaired) electrons. The second kappa shape index (κ2) is 3.07. The molecular formula is C10H16N2S. The third-order valence-electron chi connectivity index (χ3n) is 3.21. The first-order valence-corrected chi connectivity index (χ1v) is 5.64. The Kier molecular flexibility index (Phi) is 2.16. The van der Waals surface area contributed by atoms with Gasteiger partial charge in [0.15, 0.2) is 0 Å². The fourth-order valence-electron chi connectivity index (χ4n) is 1.88. The fourth-order valence-corrected chi connectivity index (χ4v) is 2.77. The van der Waals surface area contributed by atoms with Crippen LogP contribution in [0.4, 0.5) is 0 Å². The average molecular weight is 196 g/mol. The molecule has 72 valence electrons. The minimum Gasteiger partial charge on any atom is -0.323 e. The minimum absolute atomic E-state index is 0.226. The zero-order chi connectivity index (χ0) is 9.47. The number of aromatic nitrogens is 1. The van der Waals surface area contributed by atoms with E-state index in [1.54, 1.807) is 11.5 Å². The smallest absolute Gasteiger partial charge is 0.0514 e. The molecule has 1 aromatic heterocycles. The number of nitrogens with two attached hydrogens (primary N) is 1. The molecule has 1 saturated carbocycles. The average Bonchev–Trinajstić information content (AvgIpc) is 2.82. The standard InChI is InChI=1S/C10H16N2S/c1-3-10(4-5-10)9(11)8-6-7(2)12-13-8/h6,9H,3-5,11H2,1-2H3. The number of rotatable bonds is 3. The van der Waals surface area contributed by atoms with Crippen molar-refractivity contribution in [2.24, 2.45) is 11.1 Å². The number of nitrogens with zero attached hydrogens (tertiary/aromatic N) is 1. The lowest BCUT2D eigenvalue weighted by Crippen LogP contribution is -2.21. The molecule has 0 bridgehead atoms. The summed E-state index contributed by atoms with van der Waals surface area (Å²) >= 11 is 1.56. The molecule has 1 heterocycles. The third-order valence-corrected chi connectivity index (χ3v) is 4.17. The van der Waals surface area contributed by atoms with Crippen LogP contribution < -0.4 is 5.73 Å². The maximum Gasteiger partial charge on any atom is 0.0514 e. The van der Waals surface area contributed by atoms with E-state index in [9.17, 15) is 0 Å². The van der Waals surface area contributed by atoms with Gasteiger partial charge < -0.3 is 5.73 Å². The molecular weight excluding hydrogens is 180 g/mol. The molecule has 0 saturated heterocycles. The van der Waals surface area contributed by atoms with Gasteiger partial charge in [-0.3, -0.25) is 0 Å². The van der Waals surface area contributed by atoms with Gasteiger partial charge in [0.2, 0.25) is 0 Å². The summed E-state index contributed by atoms with van der Waals surface area (Å²) in [7, 11) is 0. The van der Waals surface area contributed by atoms with Crippen LogP contribution in [0.5, 0.6) is 0 Å². The Morgan fingerprint density at radius 1 is 1.69 bits per heavy atom. The first-order valence-electron chi connectivity index (χ1n) is 4.87. The molecule has 2 N–H and O–H groups in total. The van der Waals surface area contributed by atoms with Gasteiger partial charge in [-0.15, -0.1) is 0 Å². The molecule has 13 heavy (non-hydrogen) atoms. The Bertz CT molecular complexity index is 302. The predicted molar refractivity (Wildman–Crippen MR) is 55.7 cm³/mol. The van der Waals surface area contributed by atoms with Gasteiger partial charge >= 0.3 is 0 Å². The highest BCUT2D eigenvalue weighted by Gasteiger charge is 2.47. The molecule has 1 unspecified atom stereocenters. The zero-order valence-corrected chi connectivity index (χ0v) is 9.03. The van der Waals surface area contributed by atoms with E-state index in [1.165, 1.54) is 24.1 Å². The third kappa shape index (κ3) is 1.51. The number of hydrogen-bond donors (Lipinski definition) is 1. The summed E-state index contributed by atoms with van der Waals surface area (Å²) in [6, 6.07) is 2.36. The van der Waals surface area contributed by atoms with Crippen LogP contribution in [-0.4, -0.2) is 4.37 Å². The molecule has 2 nitrogen and oxygen atoms in total. The van der Waals surface area contributed by atoms with E-state index < -0.39 is 0 Å². The highest BCUT2D eigenvalue weighted by atomic mass is 32.1. The Morgan fingerprint density at radius 3 is 2.77 bits per heavy atom. The van der Waals surface area contributed by atoms with Gasteiger partial charge in [0, 0.05) is 10.9 Å². The summed E-state index contributed by atoms with van der Waals surface area (Å²) < 4.78 is 4.27. The van der Waals surface area contributed by atoms with Gasteiger partial charge in [-0.2, -0.15) is 4.37 Å². The lowest BCUT2D eigenvalue weighted by molar-refractivity contribution is 0.399. The van der Waals surface area contributed by atoms with Crippen molar-refractivity contribution in [2.75, 3.05) is 0 Å². The largest absolute Gasteiger partial charge is 0.323 e. The summed E-state index contributed by atoms with van der Waals surface area (Å²) in [5.74, 6) is 0. The Balaban J connectivity index is 2.17. The number of hydrogen-bond acceptors (Lipinski definition) is 3. The Labute approximate surface area is 83.3 Å². The summed E-state index contributed by atoms with van der Waals surface area (Å²) in [5, 5.41) is 0. The Hall–Kier alpha value is -0.410. The van der Waals surface area contributed by atoms with Crippen molar-refractivity contribution in [3.8, 4) is 0 Å². The molecule has 3 heteroatoms. The molecule has 2 rings (SSSR count). The highest BCUT2D eigenvalue weighted by molar-refractivity contribution is 7.05. The molecule has 0 amide bonds. The zero-order valence-electron chi connectivity index (χ0n) is 8.21. The topological polar surface area (TPSA) is 38.9 Å². The predicted octanol–water partition coefficient (Wildman–Crippen LogP) is 2.64. The van der Waals surface area contributed by atoms with Crippen molar-refractivity contribution in [1.29, 1.82) is 0 Å².